The van der Waals surface area contributed by atoms with Crippen molar-refractivity contribution in [2.75, 3.05) is 29.7 Å². The molecule has 0 aromatic carbocycles. The molecule has 78 valence electrons. The van der Waals surface area contributed by atoms with E-state index < -0.39 is 0 Å². The molecule has 1 atom stereocenters. The van der Waals surface area contributed by atoms with Gasteiger partial charge < -0.3 is 10.6 Å². The lowest BCUT2D eigenvalue weighted by molar-refractivity contribution is 0.752. The number of hydrogen-bond acceptors (Lipinski definition) is 5. The zero-order valence-electron chi connectivity index (χ0n) is 8.77. The minimum Gasteiger partial charge on any atom is -0.384 e. The largest absolute Gasteiger partial charge is 0.384 e. The maximum atomic E-state index is 5.59. The fourth-order valence-electron chi connectivity index (χ4n) is 1.13. The van der Waals surface area contributed by atoms with Crippen LogP contribution in [0.25, 0.3) is 0 Å². The van der Waals surface area contributed by atoms with Crippen LogP contribution in [0.2, 0.25) is 0 Å². The molecule has 14 heavy (non-hydrogen) atoms. The fraction of sp³-hybridized carbons (Fsp3) is 0.556. The SMILES string of the molecule is CSCC(C)N(C)c1cc(N)ncn1. The summed E-state index contributed by atoms with van der Waals surface area (Å²) in [6.07, 6.45) is 3.59. The number of nitrogen functional groups attached to an aromatic ring is 1. The highest BCUT2D eigenvalue weighted by Crippen LogP contribution is 2.14. The minimum atomic E-state index is 0.444. The van der Waals surface area contributed by atoms with E-state index in [2.05, 4.69) is 28.0 Å². The molecular weight excluding hydrogens is 196 g/mol. The predicted octanol–water partition coefficient (Wildman–Crippen LogP) is 1.25. The Bertz CT molecular complexity index is 292. The molecule has 1 aromatic rings. The maximum Gasteiger partial charge on any atom is 0.134 e. The van der Waals surface area contributed by atoms with Gasteiger partial charge in [0.05, 0.1) is 0 Å². The standard InChI is InChI=1S/C9H16N4S/c1-7(5-14-3)13(2)9-4-8(10)11-6-12-9/h4,6-7H,5H2,1-3H3,(H2,10,11,12). The molecule has 0 radical (unpaired) electrons. The zero-order valence-corrected chi connectivity index (χ0v) is 9.58. The Labute approximate surface area is 88.9 Å². The van der Waals surface area contributed by atoms with Crippen LogP contribution in [0.4, 0.5) is 11.6 Å². The van der Waals surface area contributed by atoms with Crippen molar-refractivity contribution >= 4 is 23.4 Å². The van der Waals surface area contributed by atoms with Gasteiger partial charge in [0.15, 0.2) is 0 Å². The predicted molar refractivity (Wildman–Crippen MR) is 62.7 cm³/mol. The maximum absolute atomic E-state index is 5.59. The lowest BCUT2D eigenvalue weighted by atomic mass is 10.3. The Morgan fingerprint density at radius 1 is 1.57 bits per heavy atom. The molecule has 1 heterocycles. The van der Waals surface area contributed by atoms with Crippen LogP contribution < -0.4 is 10.6 Å². The zero-order chi connectivity index (χ0) is 10.6. The summed E-state index contributed by atoms with van der Waals surface area (Å²) in [5, 5.41) is 0. The highest BCUT2D eigenvalue weighted by atomic mass is 32.2. The van der Waals surface area contributed by atoms with Gasteiger partial charge in [-0.3, -0.25) is 0 Å². The normalized spacial score (nSPS) is 12.5. The number of aromatic nitrogens is 2. The van der Waals surface area contributed by atoms with Crippen molar-refractivity contribution < 1.29 is 0 Å². The van der Waals surface area contributed by atoms with Gasteiger partial charge in [0, 0.05) is 24.9 Å². The van der Waals surface area contributed by atoms with Crippen LogP contribution in [-0.2, 0) is 0 Å². The highest BCUT2D eigenvalue weighted by molar-refractivity contribution is 7.98. The number of nitrogens with two attached hydrogens (primary N) is 1. The van der Waals surface area contributed by atoms with Gasteiger partial charge in [-0.05, 0) is 13.2 Å². The van der Waals surface area contributed by atoms with Gasteiger partial charge in [0.2, 0.25) is 0 Å². The number of thioether (sulfide) groups is 1. The number of hydrogen-bond donors (Lipinski definition) is 1. The van der Waals surface area contributed by atoms with Gasteiger partial charge in [-0.2, -0.15) is 11.8 Å². The van der Waals surface area contributed by atoms with Crippen LogP contribution in [0.5, 0.6) is 0 Å². The van der Waals surface area contributed by atoms with Crippen molar-refractivity contribution in [2.45, 2.75) is 13.0 Å². The number of rotatable bonds is 4. The van der Waals surface area contributed by atoms with Crippen LogP contribution in [0.15, 0.2) is 12.4 Å². The van der Waals surface area contributed by atoms with E-state index in [-0.39, 0.29) is 0 Å². The number of anilines is 2. The minimum absolute atomic E-state index is 0.444. The van der Waals surface area contributed by atoms with E-state index in [9.17, 15) is 0 Å². The Morgan fingerprint density at radius 3 is 2.86 bits per heavy atom. The molecule has 1 unspecified atom stereocenters. The average molecular weight is 212 g/mol. The van der Waals surface area contributed by atoms with Crippen LogP contribution in [0.1, 0.15) is 6.92 Å². The Balaban J connectivity index is 2.73. The third-order valence-electron chi connectivity index (χ3n) is 2.10. The molecule has 1 rings (SSSR count). The molecule has 0 aliphatic carbocycles. The van der Waals surface area contributed by atoms with E-state index in [1.165, 1.54) is 6.33 Å². The summed E-state index contributed by atoms with van der Waals surface area (Å²) in [4.78, 5) is 10.1. The summed E-state index contributed by atoms with van der Waals surface area (Å²) < 4.78 is 0. The van der Waals surface area contributed by atoms with E-state index in [0.717, 1.165) is 11.6 Å². The molecule has 0 saturated heterocycles. The first-order chi connectivity index (χ1) is 6.65. The molecule has 0 spiro atoms. The van der Waals surface area contributed by atoms with Crippen molar-refractivity contribution in [3.05, 3.63) is 12.4 Å². The summed E-state index contributed by atoms with van der Waals surface area (Å²) in [6.45, 7) is 2.16. The first-order valence-corrected chi connectivity index (χ1v) is 5.84. The van der Waals surface area contributed by atoms with Gasteiger partial charge in [0.25, 0.3) is 0 Å². The summed E-state index contributed by atoms with van der Waals surface area (Å²) in [5.74, 6) is 2.46. The van der Waals surface area contributed by atoms with Crippen molar-refractivity contribution in [3.8, 4) is 0 Å². The Hall–Kier alpha value is -0.970. The molecule has 0 bridgehead atoms. The number of nitrogens with zero attached hydrogens (tertiary/aromatic N) is 3. The van der Waals surface area contributed by atoms with Gasteiger partial charge in [-0.25, -0.2) is 9.97 Å². The lowest BCUT2D eigenvalue weighted by Gasteiger charge is -2.25. The van der Waals surface area contributed by atoms with Gasteiger partial charge in [0.1, 0.15) is 18.0 Å². The van der Waals surface area contributed by atoms with Crippen molar-refractivity contribution in [2.24, 2.45) is 0 Å². The summed E-state index contributed by atoms with van der Waals surface area (Å²) >= 11 is 1.82. The van der Waals surface area contributed by atoms with E-state index in [4.69, 9.17) is 5.73 Å². The second kappa shape index (κ2) is 5.05. The third kappa shape index (κ3) is 2.77. The molecule has 0 amide bonds. The van der Waals surface area contributed by atoms with E-state index in [0.29, 0.717) is 11.9 Å². The molecule has 1 aromatic heterocycles. The molecule has 0 saturated carbocycles. The van der Waals surface area contributed by atoms with Crippen molar-refractivity contribution in [3.63, 3.8) is 0 Å². The Morgan fingerprint density at radius 2 is 2.29 bits per heavy atom. The van der Waals surface area contributed by atoms with Crippen LogP contribution in [0.3, 0.4) is 0 Å². The molecule has 2 N–H and O–H groups in total. The second-order valence-corrected chi connectivity index (χ2v) is 4.13. The fourth-order valence-corrected chi connectivity index (χ4v) is 1.84. The van der Waals surface area contributed by atoms with Crippen LogP contribution >= 0.6 is 11.8 Å². The van der Waals surface area contributed by atoms with Crippen molar-refractivity contribution in [1.29, 1.82) is 0 Å². The van der Waals surface area contributed by atoms with E-state index in [1.54, 1.807) is 6.07 Å². The molecule has 0 aliphatic rings. The third-order valence-corrected chi connectivity index (χ3v) is 2.92. The van der Waals surface area contributed by atoms with Gasteiger partial charge in [-0.1, -0.05) is 0 Å². The molecular formula is C9H16N4S. The lowest BCUT2D eigenvalue weighted by Crippen LogP contribution is -2.31. The van der Waals surface area contributed by atoms with E-state index in [1.807, 2.05) is 18.8 Å². The second-order valence-electron chi connectivity index (χ2n) is 3.22. The highest BCUT2D eigenvalue weighted by Gasteiger charge is 2.10. The Kier molecular flexibility index (Phi) is 4.00. The van der Waals surface area contributed by atoms with E-state index >= 15 is 0 Å². The smallest absolute Gasteiger partial charge is 0.134 e. The first-order valence-electron chi connectivity index (χ1n) is 4.44. The van der Waals surface area contributed by atoms with Gasteiger partial charge in [-0.15, -0.1) is 0 Å². The monoisotopic (exact) mass is 212 g/mol. The molecule has 0 fully saturated rings. The molecule has 0 aliphatic heterocycles. The first kappa shape index (κ1) is 11.1. The van der Waals surface area contributed by atoms with Crippen LogP contribution in [-0.4, -0.2) is 35.1 Å². The van der Waals surface area contributed by atoms with Crippen molar-refractivity contribution in [1.82, 2.24) is 9.97 Å². The summed E-state index contributed by atoms with van der Waals surface area (Å²) in [5.41, 5.74) is 5.59. The molecule has 4 nitrogen and oxygen atoms in total. The quantitative estimate of drug-likeness (QED) is 0.814. The van der Waals surface area contributed by atoms with Gasteiger partial charge >= 0.3 is 0 Å². The topological polar surface area (TPSA) is 55.0 Å². The summed E-state index contributed by atoms with van der Waals surface area (Å²) in [7, 11) is 2.02. The average Bonchev–Trinajstić information content (AvgIpc) is 2.17. The van der Waals surface area contributed by atoms with Crippen LogP contribution in [0, 0.1) is 0 Å². The molecule has 5 heteroatoms. The summed E-state index contributed by atoms with van der Waals surface area (Å²) in [6, 6.07) is 2.23.